The standard InChI is InChI=1S/C17H19N3O4/c1-12-8-19-14(9-18-12)17(22)24-11-16(21)20(2)10-13-6-4-5-7-15(13)23-3/h4-9H,10-11H2,1-3H3. The third kappa shape index (κ3) is 4.52. The maximum absolute atomic E-state index is 12.1. The van der Waals surface area contributed by atoms with Crippen molar-refractivity contribution in [3.63, 3.8) is 0 Å². The maximum atomic E-state index is 12.1. The number of benzene rings is 1. The van der Waals surface area contributed by atoms with Gasteiger partial charge in [0.25, 0.3) is 5.91 Å². The van der Waals surface area contributed by atoms with Crippen LogP contribution in [0.5, 0.6) is 5.75 Å². The van der Waals surface area contributed by atoms with Crippen molar-refractivity contribution in [1.82, 2.24) is 14.9 Å². The number of aryl methyl sites for hydroxylation is 1. The second-order valence-corrected chi connectivity index (χ2v) is 5.18. The molecule has 0 N–H and O–H groups in total. The molecule has 0 saturated heterocycles. The largest absolute Gasteiger partial charge is 0.496 e. The third-order valence-corrected chi connectivity index (χ3v) is 3.34. The fourth-order valence-electron chi connectivity index (χ4n) is 1.99. The van der Waals surface area contributed by atoms with Crippen molar-refractivity contribution in [2.24, 2.45) is 0 Å². The quantitative estimate of drug-likeness (QED) is 0.749. The Bertz CT molecular complexity index is 716. The highest BCUT2D eigenvalue weighted by atomic mass is 16.5. The molecule has 0 bridgehead atoms. The van der Waals surface area contributed by atoms with Crippen molar-refractivity contribution in [3.8, 4) is 5.75 Å². The predicted octanol–water partition coefficient (Wildman–Crippen LogP) is 1.61. The normalized spacial score (nSPS) is 10.1. The first-order valence-electron chi connectivity index (χ1n) is 7.33. The number of hydrogen-bond donors (Lipinski definition) is 0. The molecule has 0 aliphatic rings. The van der Waals surface area contributed by atoms with E-state index in [2.05, 4.69) is 9.97 Å². The van der Waals surface area contributed by atoms with Gasteiger partial charge in [-0.05, 0) is 13.0 Å². The molecule has 0 aliphatic heterocycles. The Morgan fingerprint density at radius 2 is 1.92 bits per heavy atom. The molecule has 1 aromatic heterocycles. The van der Waals surface area contributed by atoms with Crippen molar-refractivity contribution >= 4 is 11.9 Å². The molecule has 0 aliphatic carbocycles. The molecule has 2 aromatic rings. The van der Waals surface area contributed by atoms with Crippen molar-refractivity contribution < 1.29 is 19.1 Å². The van der Waals surface area contributed by atoms with Gasteiger partial charge in [-0.25, -0.2) is 9.78 Å². The molecule has 1 heterocycles. The van der Waals surface area contributed by atoms with E-state index in [1.165, 1.54) is 17.3 Å². The first-order chi connectivity index (χ1) is 11.5. The van der Waals surface area contributed by atoms with Gasteiger partial charge in [0.2, 0.25) is 0 Å². The fraction of sp³-hybridized carbons (Fsp3) is 0.294. The lowest BCUT2D eigenvalue weighted by atomic mass is 10.2. The molecule has 7 heteroatoms. The van der Waals surface area contributed by atoms with Crippen molar-refractivity contribution in [2.45, 2.75) is 13.5 Å². The Morgan fingerprint density at radius 3 is 2.58 bits per heavy atom. The number of rotatable bonds is 6. The first-order valence-corrected chi connectivity index (χ1v) is 7.33. The summed E-state index contributed by atoms with van der Waals surface area (Å²) in [5.74, 6) is -0.306. The Balaban J connectivity index is 1.89. The van der Waals surface area contributed by atoms with Gasteiger partial charge in [-0.15, -0.1) is 0 Å². The lowest BCUT2D eigenvalue weighted by molar-refractivity contribution is -0.133. The summed E-state index contributed by atoms with van der Waals surface area (Å²) in [7, 11) is 3.21. The fourth-order valence-corrected chi connectivity index (χ4v) is 1.99. The van der Waals surface area contributed by atoms with Crippen LogP contribution in [0, 0.1) is 6.92 Å². The van der Waals surface area contributed by atoms with Crippen LogP contribution in [-0.2, 0) is 16.1 Å². The van der Waals surface area contributed by atoms with Crippen LogP contribution in [-0.4, -0.2) is 47.5 Å². The van der Waals surface area contributed by atoms with Gasteiger partial charge in [0.1, 0.15) is 5.75 Å². The van der Waals surface area contributed by atoms with Crippen LogP contribution in [0.4, 0.5) is 0 Å². The second-order valence-electron chi connectivity index (χ2n) is 5.18. The number of likely N-dealkylation sites (N-methyl/N-ethyl adjacent to an activating group) is 1. The molecule has 0 atom stereocenters. The van der Waals surface area contributed by atoms with E-state index >= 15 is 0 Å². The number of aromatic nitrogens is 2. The van der Waals surface area contributed by atoms with Gasteiger partial charge < -0.3 is 14.4 Å². The molecular formula is C17H19N3O4. The zero-order valence-electron chi connectivity index (χ0n) is 13.9. The molecule has 0 saturated carbocycles. The molecule has 0 fully saturated rings. The minimum atomic E-state index is -0.679. The minimum absolute atomic E-state index is 0.0702. The molecule has 1 amide bonds. The van der Waals surface area contributed by atoms with Crippen LogP contribution in [0.3, 0.4) is 0 Å². The van der Waals surface area contributed by atoms with Gasteiger partial charge in [0, 0.05) is 25.4 Å². The molecule has 0 spiro atoms. The molecule has 0 radical (unpaired) electrons. The van der Waals surface area contributed by atoms with E-state index in [1.807, 2.05) is 24.3 Å². The van der Waals surface area contributed by atoms with E-state index in [-0.39, 0.29) is 18.2 Å². The van der Waals surface area contributed by atoms with Crippen LogP contribution in [0.25, 0.3) is 0 Å². The summed E-state index contributed by atoms with van der Waals surface area (Å²) in [5.41, 5.74) is 1.63. The van der Waals surface area contributed by atoms with Crippen molar-refractivity contribution in [1.29, 1.82) is 0 Å². The predicted molar refractivity (Wildman–Crippen MR) is 86.5 cm³/mol. The van der Waals surface area contributed by atoms with Crippen LogP contribution in [0.15, 0.2) is 36.7 Å². The molecular weight excluding hydrogens is 310 g/mol. The number of methoxy groups -OCH3 is 1. The maximum Gasteiger partial charge on any atom is 0.359 e. The molecule has 126 valence electrons. The summed E-state index contributed by atoms with van der Waals surface area (Å²) >= 11 is 0. The number of ether oxygens (including phenoxy) is 2. The molecule has 2 rings (SSSR count). The number of hydrogen-bond acceptors (Lipinski definition) is 6. The lowest BCUT2D eigenvalue weighted by Crippen LogP contribution is -2.31. The lowest BCUT2D eigenvalue weighted by Gasteiger charge is -2.18. The topological polar surface area (TPSA) is 81.6 Å². The molecule has 0 unspecified atom stereocenters. The Hall–Kier alpha value is -2.96. The first kappa shape index (κ1) is 17.4. The summed E-state index contributed by atoms with van der Waals surface area (Å²) in [6.45, 7) is 1.75. The molecule has 7 nitrogen and oxygen atoms in total. The van der Waals surface area contributed by atoms with E-state index in [1.54, 1.807) is 21.1 Å². The van der Waals surface area contributed by atoms with Gasteiger partial charge in [-0.2, -0.15) is 0 Å². The number of carbonyl (C=O) groups is 2. The smallest absolute Gasteiger partial charge is 0.359 e. The van der Waals surface area contributed by atoms with Gasteiger partial charge >= 0.3 is 5.97 Å². The Labute approximate surface area is 140 Å². The van der Waals surface area contributed by atoms with Gasteiger partial charge in [0.15, 0.2) is 12.3 Å². The van der Waals surface area contributed by atoms with E-state index in [0.29, 0.717) is 18.0 Å². The second kappa shape index (κ2) is 8.05. The van der Waals surface area contributed by atoms with Gasteiger partial charge in [0.05, 0.1) is 19.0 Å². The molecule has 1 aromatic carbocycles. The number of para-hydroxylation sites is 1. The van der Waals surface area contributed by atoms with E-state index < -0.39 is 5.97 Å². The zero-order chi connectivity index (χ0) is 17.5. The van der Waals surface area contributed by atoms with Crippen molar-refractivity contribution in [3.05, 3.63) is 53.6 Å². The molecule has 24 heavy (non-hydrogen) atoms. The minimum Gasteiger partial charge on any atom is -0.496 e. The summed E-state index contributed by atoms with van der Waals surface area (Å²) in [6.07, 6.45) is 2.78. The number of nitrogens with zero attached hydrogens (tertiary/aromatic N) is 3. The average Bonchev–Trinajstić information content (AvgIpc) is 2.60. The van der Waals surface area contributed by atoms with Crippen LogP contribution in [0.2, 0.25) is 0 Å². The Kier molecular flexibility index (Phi) is 5.83. The van der Waals surface area contributed by atoms with E-state index in [9.17, 15) is 9.59 Å². The number of esters is 1. The monoisotopic (exact) mass is 329 g/mol. The van der Waals surface area contributed by atoms with Crippen LogP contribution in [0.1, 0.15) is 21.7 Å². The highest BCUT2D eigenvalue weighted by Gasteiger charge is 2.16. The van der Waals surface area contributed by atoms with Crippen LogP contribution >= 0.6 is 0 Å². The van der Waals surface area contributed by atoms with Gasteiger partial charge in [-0.3, -0.25) is 9.78 Å². The summed E-state index contributed by atoms with van der Waals surface area (Å²) < 4.78 is 10.2. The Morgan fingerprint density at radius 1 is 1.17 bits per heavy atom. The third-order valence-electron chi connectivity index (χ3n) is 3.34. The average molecular weight is 329 g/mol. The zero-order valence-corrected chi connectivity index (χ0v) is 13.9. The van der Waals surface area contributed by atoms with Crippen molar-refractivity contribution in [2.75, 3.05) is 20.8 Å². The summed E-state index contributed by atoms with van der Waals surface area (Å²) in [6, 6.07) is 7.42. The summed E-state index contributed by atoms with van der Waals surface area (Å²) in [5, 5.41) is 0. The SMILES string of the molecule is COc1ccccc1CN(C)C(=O)COC(=O)c1cnc(C)cn1. The summed E-state index contributed by atoms with van der Waals surface area (Å²) in [4.78, 5) is 33.3. The van der Waals surface area contributed by atoms with E-state index in [0.717, 1.165) is 5.56 Å². The van der Waals surface area contributed by atoms with Crippen LogP contribution < -0.4 is 4.74 Å². The van der Waals surface area contributed by atoms with Gasteiger partial charge in [-0.1, -0.05) is 18.2 Å². The highest BCUT2D eigenvalue weighted by molar-refractivity contribution is 5.89. The number of carbonyl (C=O) groups excluding carboxylic acids is 2. The van der Waals surface area contributed by atoms with E-state index in [4.69, 9.17) is 9.47 Å². The highest BCUT2D eigenvalue weighted by Crippen LogP contribution is 2.18. The number of amides is 1.